The van der Waals surface area contributed by atoms with Gasteiger partial charge in [0.05, 0.1) is 42.8 Å². The van der Waals surface area contributed by atoms with Gasteiger partial charge >= 0.3 is 17.9 Å². The van der Waals surface area contributed by atoms with Crippen molar-refractivity contribution in [3.05, 3.63) is 24.3 Å². The lowest BCUT2D eigenvalue weighted by Gasteiger charge is -2.50. The van der Waals surface area contributed by atoms with E-state index in [1.807, 2.05) is 13.0 Å². The van der Waals surface area contributed by atoms with Gasteiger partial charge in [-0.3, -0.25) is 14.4 Å². The average molecular weight is 828 g/mol. The highest BCUT2D eigenvalue weighted by Crippen LogP contribution is 2.38. The zero-order chi connectivity index (χ0) is 43.5. The number of esters is 3. The summed E-state index contributed by atoms with van der Waals surface area (Å²) in [5.74, 6) is -3.23. The van der Waals surface area contributed by atoms with Crippen LogP contribution in [0.2, 0.25) is 0 Å². The molecule has 0 radical (unpaired) electrons. The Hall–Kier alpha value is -2.80. The van der Waals surface area contributed by atoms with E-state index < -0.39 is 127 Å². The van der Waals surface area contributed by atoms with Crippen LogP contribution in [0.4, 0.5) is 0 Å². The first kappa shape index (κ1) is 49.6. The third-order valence-electron chi connectivity index (χ3n) is 11.1. The first-order valence-electron chi connectivity index (χ1n) is 20.5. The molecule has 2 saturated heterocycles. The van der Waals surface area contributed by atoms with Crippen molar-refractivity contribution in [3.8, 4) is 0 Å². The van der Waals surface area contributed by atoms with E-state index in [4.69, 9.17) is 37.9 Å². The van der Waals surface area contributed by atoms with Gasteiger partial charge in [-0.2, -0.15) is 0 Å². The number of allylic oxidation sites excluding steroid dienone is 2. The second-order valence-corrected chi connectivity index (χ2v) is 16.7. The predicted molar refractivity (Wildman–Crippen MR) is 210 cm³/mol. The van der Waals surface area contributed by atoms with Crippen molar-refractivity contribution >= 4 is 24.2 Å². The van der Waals surface area contributed by atoms with E-state index in [-0.39, 0.29) is 25.7 Å². The summed E-state index contributed by atoms with van der Waals surface area (Å²) in [5.41, 5.74) is -1.50. The van der Waals surface area contributed by atoms with Crippen molar-refractivity contribution in [2.24, 2.45) is 17.8 Å². The summed E-state index contributed by atoms with van der Waals surface area (Å²) in [7, 11) is 4.87. The van der Waals surface area contributed by atoms with Gasteiger partial charge in [0.15, 0.2) is 18.7 Å². The van der Waals surface area contributed by atoms with Crippen LogP contribution in [0.5, 0.6) is 0 Å². The fourth-order valence-corrected chi connectivity index (χ4v) is 7.86. The first-order valence-corrected chi connectivity index (χ1v) is 20.5. The molecule has 9 unspecified atom stereocenters. The highest BCUT2D eigenvalue weighted by atomic mass is 16.7. The summed E-state index contributed by atoms with van der Waals surface area (Å²) in [6, 6.07) is -0.782. The lowest BCUT2D eigenvalue weighted by atomic mass is 9.82. The molecule has 58 heavy (non-hydrogen) atoms. The van der Waals surface area contributed by atoms with Gasteiger partial charge in [0.1, 0.15) is 42.4 Å². The summed E-state index contributed by atoms with van der Waals surface area (Å²) in [6.07, 6.45) is -4.28. The standard InChI is InChI=1S/C42H69NO15/c1-12-31(46)55-30-21-32(47)52-25(5)16-14-13-15-17-29(45)24(4)20-28(18-19-44)37(38(30)51-11)57-41-35(48)34(43(9)10)36(26(6)54-41)56-33-22-42(8,50)39(27(7)53-33)58-40(49)23(2)3/h13-15,17,19,23-30,33-39,41,45,48,50H,12,16,18,20-22H2,1-11H3/b14-13+,17-15+/t24-,25-,26?,27?,28+,29+,30-,33?,34?,35?,36?,37+,38+,39?,41?,42?/m1/s1. The first-order chi connectivity index (χ1) is 27.2. The van der Waals surface area contributed by atoms with E-state index in [0.717, 1.165) is 0 Å². The molecule has 0 aromatic heterocycles. The molecule has 2 fully saturated rings. The van der Waals surface area contributed by atoms with Crippen LogP contribution in [-0.4, -0.2) is 151 Å². The van der Waals surface area contributed by atoms with Crippen LogP contribution in [0.15, 0.2) is 24.3 Å². The molecule has 16 atom stereocenters. The maximum Gasteiger partial charge on any atom is 0.309 e. The van der Waals surface area contributed by atoms with E-state index in [0.29, 0.717) is 12.7 Å². The quantitative estimate of drug-likeness (QED) is 0.147. The van der Waals surface area contributed by atoms with Crippen molar-refractivity contribution in [2.75, 3.05) is 21.2 Å². The van der Waals surface area contributed by atoms with Crippen LogP contribution in [0, 0.1) is 17.8 Å². The molecule has 16 nitrogen and oxygen atoms in total. The van der Waals surface area contributed by atoms with Crippen LogP contribution in [-0.2, 0) is 57.1 Å². The van der Waals surface area contributed by atoms with Gasteiger partial charge in [0, 0.05) is 32.8 Å². The molecule has 3 heterocycles. The number of aliphatic hydroxyl groups excluding tert-OH is 2. The minimum atomic E-state index is -1.50. The molecule has 16 heteroatoms. The number of likely N-dealkylation sites (N-methyl/N-ethyl adjacent to an activating group) is 1. The Balaban J connectivity index is 2.01. The Morgan fingerprint density at radius 1 is 1.02 bits per heavy atom. The molecule has 3 aliphatic rings. The summed E-state index contributed by atoms with van der Waals surface area (Å²) in [6.45, 7) is 13.5. The smallest absolute Gasteiger partial charge is 0.309 e. The van der Waals surface area contributed by atoms with Crippen molar-refractivity contribution < 1.29 is 72.4 Å². The van der Waals surface area contributed by atoms with Crippen molar-refractivity contribution in [3.63, 3.8) is 0 Å². The number of nitrogens with zero attached hydrogens (tertiary/aromatic N) is 1. The topological polar surface area (TPSA) is 206 Å². The van der Waals surface area contributed by atoms with E-state index in [9.17, 15) is 34.5 Å². The third kappa shape index (κ3) is 13.6. The van der Waals surface area contributed by atoms with E-state index in [1.54, 1.807) is 85.7 Å². The molecule has 0 aliphatic carbocycles. The molecule has 3 N–H and O–H groups in total. The lowest BCUT2D eigenvalue weighted by Crippen LogP contribution is -2.66. The molecular formula is C42H69NO15. The molecule has 0 spiro atoms. The summed E-state index contributed by atoms with van der Waals surface area (Å²) >= 11 is 0. The highest BCUT2D eigenvalue weighted by molar-refractivity contribution is 5.73. The number of hydrogen-bond donors (Lipinski definition) is 3. The molecule has 332 valence electrons. The van der Waals surface area contributed by atoms with Crippen molar-refractivity contribution in [1.29, 1.82) is 0 Å². The average Bonchev–Trinajstić information content (AvgIpc) is 3.13. The number of cyclic esters (lactones) is 1. The Morgan fingerprint density at radius 2 is 1.71 bits per heavy atom. The molecule has 0 saturated carbocycles. The summed E-state index contributed by atoms with van der Waals surface area (Å²) < 4.78 is 48.7. The summed E-state index contributed by atoms with van der Waals surface area (Å²) in [5, 5.41) is 34.6. The SMILES string of the molecule is CCC(=O)O[C@@H]1CC(=O)O[C@H](C)C/C=C/C=C/[C@H](O)[C@H](C)C[C@H](CC=O)[C@H](OC2OC(C)C(OC3CC(C)(O)C(OC(=O)C(C)C)C(C)O3)C(N(C)C)C2O)[C@H]1OC. The Morgan fingerprint density at radius 3 is 2.29 bits per heavy atom. The van der Waals surface area contributed by atoms with Crippen LogP contribution in [0.3, 0.4) is 0 Å². The van der Waals surface area contributed by atoms with Gasteiger partial charge in [-0.05, 0) is 60.0 Å². The largest absolute Gasteiger partial charge is 0.462 e. The van der Waals surface area contributed by atoms with Crippen molar-refractivity contribution in [2.45, 2.75) is 179 Å². The number of carbonyl (C=O) groups is 4. The van der Waals surface area contributed by atoms with Crippen LogP contribution < -0.4 is 0 Å². The maximum absolute atomic E-state index is 13.3. The van der Waals surface area contributed by atoms with Crippen molar-refractivity contribution in [1.82, 2.24) is 4.90 Å². The monoisotopic (exact) mass is 827 g/mol. The van der Waals surface area contributed by atoms with Gasteiger partial charge in [-0.15, -0.1) is 0 Å². The van der Waals surface area contributed by atoms with Crippen LogP contribution in [0.25, 0.3) is 0 Å². The molecular weight excluding hydrogens is 758 g/mol. The van der Waals surface area contributed by atoms with Gasteiger partial charge in [0.2, 0.25) is 0 Å². The van der Waals surface area contributed by atoms with E-state index in [1.165, 1.54) is 7.11 Å². The zero-order valence-corrected chi connectivity index (χ0v) is 36.1. The van der Waals surface area contributed by atoms with Gasteiger partial charge in [0.25, 0.3) is 0 Å². The second-order valence-electron chi connectivity index (χ2n) is 16.7. The number of aliphatic hydroxyl groups is 3. The third-order valence-corrected chi connectivity index (χ3v) is 11.1. The number of ether oxygens (including phenoxy) is 8. The number of methoxy groups -OCH3 is 1. The Kier molecular flexibility index (Phi) is 19.4. The highest BCUT2D eigenvalue weighted by Gasteiger charge is 2.53. The molecule has 0 amide bonds. The molecule has 0 bridgehead atoms. The lowest BCUT2D eigenvalue weighted by molar-refractivity contribution is -0.344. The Bertz CT molecular complexity index is 1390. The van der Waals surface area contributed by atoms with Gasteiger partial charge in [-0.25, -0.2) is 0 Å². The van der Waals surface area contributed by atoms with E-state index >= 15 is 0 Å². The second kappa shape index (κ2) is 22.7. The summed E-state index contributed by atoms with van der Waals surface area (Å²) in [4.78, 5) is 52.6. The Labute approximate surface area is 343 Å². The minimum Gasteiger partial charge on any atom is -0.462 e. The molecule has 3 aliphatic heterocycles. The van der Waals surface area contributed by atoms with E-state index in [2.05, 4.69) is 0 Å². The number of hydrogen-bond acceptors (Lipinski definition) is 16. The fourth-order valence-electron chi connectivity index (χ4n) is 7.86. The fraction of sp³-hybridized carbons (Fsp3) is 0.810. The molecule has 0 aromatic rings. The van der Waals surface area contributed by atoms with Crippen LogP contribution >= 0.6 is 0 Å². The predicted octanol–water partition coefficient (Wildman–Crippen LogP) is 3.01. The normalized spacial score (nSPS) is 40.7. The molecule has 0 aromatic carbocycles. The van der Waals surface area contributed by atoms with Crippen LogP contribution in [0.1, 0.15) is 93.9 Å². The number of carbonyl (C=O) groups excluding carboxylic acids is 4. The molecule has 3 rings (SSSR count). The maximum atomic E-state index is 13.3. The van der Waals surface area contributed by atoms with Gasteiger partial charge in [-0.1, -0.05) is 52.0 Å². The number of aldehydes is 1. The number of rotatable bonds is 12. The zero-order valence-electron chi connectivity index (χ0n) is 36.1. The van der Waals surface area contributed by atoms with Gasteiger partial charge < -0.3 is 62.9 Å². The minimum absolute atomic E-state index is 0.00142.